The van der Waals surface area contributed by atoms with Crippen molar-refractivity contribution in [3.05, 3.63) is 63.1 Å². The summed E-state index contributed by atoms with van der Waals surface area (Å²) in [7, 11) is 0. The monoisotopic (exact) mass is 296 g/mol. The summed E-state index contributed by atoms with van der Waals surface area (Å²) in [6.45, 7) is 2.10. The molecule has 0 spiro atoms. The third-order valence-corrected chi connectivity index (χ3v) is 4.43. The molecule has 0 radical (unpaired) electrons. The van der Waals surface area contributed by atoms with Crippen molar-refractivity contribution >= 4 is 5.78 Å². The maximum atomic E-state index is 12.4. The Hall–Kier alpha value is -2.23. The lowest BCUT2D eigenvalue weighted by atomic mass is 9.83. The Morgan fingerprint density at radius 2 is 2.09 bits per heavy atom. The zero-order valence-corrected chi connectivity index (χ0v) is 12.8. The van der Waals surface area contributed by atoms with Gasteiger partial charge in [-0.05, 0) is 42.7 Å². The summed E-state index contributed by atoms with van der Waals surface area (Å²) in [6.07, 6.45) is 4.07. The molecular weight excluding hydrogens is 276 g/mol. The highest BCUT2D eigenvalue weighted by Gasteiger charge is 2.22. The number of fused-ring (bicyclic) bond motifs is 1. The second-order valence-corrected chi connectivity index (χ2v) is 5.99. The number of hydrogen-bond acceptors (Lipinski definition) is 3. The molecule has 0 amide bonds. The lowest BCUT2D eigenvalue weighted by molar-refractivity contribution is 0.0957. The molecule has 1 aliphatic carbocycles. The number of aryl methyl sites for hydroxylation is 2. The van der Waals surface area contributed by atoms with Crippen LogP contribution in [0.4, 0.5) is 0 Å². The van der Waals surface area contributed by atoms with Crippen LogP contribution in [0.25, 0.3) is 0 Å². The average Bonchev–Trinajstić information content (AvgIpc) is 2.54. The molecule has 1 aromatic carbocycles. The molecule has 4 heteroatoms. The van der Waals surface area contributed by atoms with Gasteiger partial charge >= 0.3 is 0 Å². The number of nitrogens with one attached hydrogen (secondary N) is 1. The van der Waals surface area contributed by atoms with E-state index in [4.69, 9.17) is 0 Å². The molecule has 0 saturated heterocycles. The van der Waals surface area contributed by atoms with E-state index in [2.05, 4.69) is 17.1 Å². The van der Waals surface area contributed by atoms with Crippen LogP contribution in [-0.2, 0) is 19.3 Å². The Morgan fingerprint density at radius 3 is 2.82 bits per heavy atom. The number of carbonyl (C=O) groups is 1. The molecule has 3 rings (SSSR count). The predicted octanol–water partition coefficient (Wildman–Crippen LogP) is 2.71. The number of benzene rings is 1. The van der Waals surface area contributed by atoms with Gasteiger partial charge in [0, 0.05) is 18.1 Å². The zero-order valence-electron chi connectivity index (χ0n) is 12.8. The summed E-state index contributed by atoms with van der Waals surface area (Å²) in [5, 5.41) is 6.57. The number of hydrogen-bond donors (Lipinski definition) is 1. The van der Waals surface area contributed by atoms with Crippen LogP contribution in [0.15, 0.2) is 35.1 Å². The van der Waals surface area contributed by atoms with Crippen LogP contribution in [0.2, 0.25) is 0 Å². The van der Waals surface area contributed by atoms with Crippen molar-refractivity contribution in [2.24, 2.45) is 5.92 Å². The van der Waals surface area contributed by atoms with E-state index in [-0.39, 0.29) is 11.3 Å². The molecule has 1 atom stereocenters. The number of H-pyrrole nitrogens is 1. The van der Waals surface area contributed by atoms with Crippen molar-refractivity contribution in [2.45, 2.75) is 39.0 Å². The Balaban J connectivity index is 1.68. The summed E-state index contributed by atoms with van der Waals surface area (Å²) < 4.78 is 0. The summed E-state index contributed by atoms with van der Waals surface area (Å²) in [6, 6.07) is 9.50. The number of Topliss-reactive ketones (excluding diaryl/α,β-unsaturated/α-hetero) is 1. The summed E-state index contributed by atoms with van der Waals surface area (Å²) in [5.41, 5.74) is 3.83. The van der Waals surface area contributed by atoms with Crippen molar-refractivity contribution in [1.29, 1.82) is 0 Å². The molecule has 0 saturated carbocycles. The van der Waals surface area contributed by atoms with E-state index in [9.17, 15) is 9.59 Å². The van der Waals surface area contributed by atoms with Gasteiger partial charge in [-0.1, -0.05) is 31.2 Å². The first-order chi connectivity index (χ1) is 10.7. The summed E-state index contributed by atoms with van der Waals surface area (Å²) >= 11 is 0. The molecule has 22 heavy (non-hydrogen) atoms. The van der Waals surface area contributed by atoms with Gasteiger partial charge in [0.05, 0.1) is 5.69 Å². The van der Waals surface area contributed by atoms with E-state index < -0.39 is 0 Å². The number of aromatic amines is 1. The maximum Gasteiger partial charge on any atom is 0.264 e. The number of nitrogens with zero attached hydrogens (tertiary/aromatic N) is 1. The molecule has 1 aliphatic rings. The SMILES string of the molecule is CCc1ccc(C(=O)CC2CCc3n[nH]c(=O)cc3C2)cc1. The largest absolute Gasteiger partial charge is 0.294 e. The van der Waals surface area contributed by atoms with Gasteiger partial charge in [0.1, 0.15) is 0 Å². The van der Waals surface area contributed by atoms with Gasteiger partial charge in [0.25, 0.3) is 5.56 Å². The van der Waals surface area contributed by atoms with Crippen molar-refractivity contribution in [3.8, 4) is 0 Å². The third-order valence-electron chi connectivity index (χ3n) is 4.43. The van der Waals surface area contributed by atoms with E-state index in [1.54, 1.807) is 6.07 Å². The van der Waals surface area contributed by atoms with Crippen molar-refractivity contribution in [3.63, 3.8) is 0 Å². The number of ketones is 1. The summed E-state index contributed by atoms with van der Waals surface area (Å²) in [4.78, 5) is 23.8. The van der Waals surface area contributed by atoms with Crippen LogP contribution in [0.5, 0.6) is 0 Å². The van der Waals surface area contributed by atoms with E-state index in [1.807, 2.05) is 24.3 Å². The minimum atomic E-state index is -0.166. The Bertz CT molecular complexity index is 731. The van der Waals surface area contributed by atoms with E-state index in [0.717, 1.165) is 42.5 Å². The van der Waals surface area contributed by atoms with E-state index in [0.29, 0.717) is 12.3 Å². The standard InChI is InChI=1S/C18H20N2O2/c1-2-12-3-6-14(7-4-12)17(21)10-13-5-8-16-15(9-13)11-18(22)20-19-16/h3-4,6-7,11,13H,2,5,8-10H2,1H3,(H,20,22). The normalized spacial score (nSPS) is 17.0. The molecule has 1 aromatic heterocycles. The molecule has 0 aliphatic heterocycles. The second kappa shape index (κ2) is 6.26. The van der Waals surface area contributed by atoms with Crippen LogP contribution in [-0.4, -0.2) is 16.0 Å². The smallest absolute Gasteiger partial charge is 0.264 e. The minimum Gasteiger partial charge on any atom is -0.294 e. The molecule has 0 fully saturated rings. The molecule has 4 nitrogen and oxygen atoms in total. The molecule has 114 valence electrons. The fourth-order valence-electron chi connectivity index (χ4n) is 3.10. The van der Waals surface area contributed by atoms with Crippen molar-refractivity contribution in [2.75, 3.05) is 0 Å². The first-order valence-corrected chi connectivity index (χ1v) is 7.85. The first kappa shape index (κ1) is 14.7. The van der Waals surface area contributed by atoms with Gasteiger partial charge in [-0.3, -0.25) is 9.59 Å². The fourth-order valence-corrected chi connectivity index (χ4v) is 3.10. The Morgan fingerprint density at radius 1 is 1.32 bits per heavy atom. The van der Waals surface area contributed by atoms with Crippen molar-refractivity contribution < 1.29 is 4.79 Å². The van der Waals surface area contributed by atoms with Crippen LogP contribution in [0.3, 0.4) is 0 Å². The van der Waals surface area contributed by atoms with Gasteiger partial charge in [-0.25, -0.2) is 5.10 Å². The quantitative estimate of drug-likeness (QED) is 0.882. The van der Waals surface area contributed by atoms with E-state index in [1.165, 1.54) is 5.56 Å². The lowest BCUT2D eigenvalue weighted by Crippen LogP contribution is -2.22. The molecule has 0 bridgehead atoms. The van der Waals surface area contributed by atoms with Crippen LogP contribution >= 0.6 is 0 Å². The number of aromatic nitrogens is 2. The second-order valence-electron chi connectivity index (χ2n) is 5.99. The lowest BCUT2D eigenvalue weighted by Gasteiger charge is -2.22. The van der Waals surface area contributed by atoms with Gasteiger partial charge in [-0.2, -0.15) is 5.10 Å². The fraction of sp³-hybridized carbons (Fsp3) is 0.389. The van der Waals surface area contributed by atoms with Gasteiger partial charge < -0.3 is 0 Å². The Kier molecular flexibility index (Phi) is 4.18. The molecule has 1 heterocycles. The average molecular weight is 296 g/mol. The van der Waals surface area contributed by atoms with Crippen LogP contribution < -0.4 is 5.56 Å². The molecule has 1 N–H and O–H groups in total. The van der Waals surface area contributed by atoms with Crippen LogP contribution in [0.1, 0.15) is 46.9 Å². The molecule has 1 unspecified atom stereocenters. The maximum absolute atomic E-state index is 12.4. The van der Waals surface area contributed by atoms with Gasteiger partial charge in [0.15, 0.2) is 5.78 Å². The summed E-state index contributed by atoms with van der Waals surface area (Å²) in [5.74, 6) is 0.489. The zero-order chi connectivity index (χ0) is 15.5. The Labute approximate surface area is 129 Å². The minimum absolute atomic E-state index is 0.166. The predicted molar refractivity (Wildman–Crippen MR) is 85.1 cm³/mol. The van der Waals surface area contributed by atoms with Gasteiger partial charge in [-0.15, -0.1) is 0 Å². The van der Waals surface area contributed by atoms with Crippen LogP contribution in [0, 0.1) is 5.92 Å². The number of rotatable bonds is 4. The highest BCUT2D eigenvalue weighted by atomic mass is 16.1. The highest BCUT2D eigenvalue weighted by Crippen LogP contribution is 2.26. The highest BCUT2D eigenvalue weighted by molar-refractivity contribution is 5.96. The molecule has 2 aromatic rings. The molecular formula is C18H20N2O2. The first-order valence-electron chi connectivity index (χ1n) is 7.85. The van der Waals surface area contributed by atoms with E-state index >= 15 is 0 Å². The number of carbonyl (C=O) groups excluding carboxylic acids is 1. The van der Waals surface area contributed by atoms with Gasteiger partial charge in [0.2, 0.25) is 0 Å². The van der Waals surface area contributed by atoms with Crippen molar-refractivity contribution in [1.82, 2.24) is 10.2 Å². The third kappa shape index (κ3) is 3.16. The topological polar surface area (TPSA) is 62.8 Å².